The van der Waals surface area contributed by atoms with Crippen molar-refractivity contribution >= 4 is 11.3 Å². The molecular formula is C20H23FN4OS. The second-order valence-electron chi connectivity index (χ2n) is 6.94. The van der Waals surface area contributed by atoms with Crippen molar-refractivity contribution in [1.29, 1.82) is 0 Å². The van der Waals surface area contributed by atoms with E-state index in [1.54, 1.807) is 23.5 Å². The molecular weight excluding hydrogens is 363 g/mol. The standard InChI is InChI=1S/C20H23FN4OS/c1-14(20-22-15(2)23-26-20)25-10-8-24(9-11-25)13-18-6-7-19(27-18)16-4-3-5-17(21)12-16/h3-7,12,14H,8-11,13H2,1-2H3. The Hall–Kier alpha value is -2.09. The van der Waals surface area contributed by atoms with Crippen LogP contribution >= 0.6 is 11.3 Å². The van der Waals surface area contributed by atoms with Gasteiger partial charge in [-0.1, -0.05) is 17.3 Å². The van der Waals surface area contributed by atoms with Gasteiger partial charge >= 0.3 is 0 Å². The van der Waals surface area contributed by atoms with E-state index in [4.69, 9.17) is 4.52 Å². The number of aryl methyl sites for hydroxylation is 1. The van der Waals surface area contributed by atoms with Gasteiger partial charge in [-0.15, -0.1) is 11.3 Å². The van der Waals surface area contributed by atoms with E-state index < -0.39 is 0 Å². The minimum Gasteiger partial charge on any atom is -0.338 e. The summed E-state index contributed by atoms with van der Waals surface area (Å²) in [6.45, 7) is 8.86. The van der Waals surface area contributed by atoms with Gasteiger partial charge in [0.25, 0.3) is 0 Å². The van der Waals surface area contributed by atoms with E-state index in [1.807, 2.05) is 13.0 Å². The lowest BCUT2D eigenvalue weighted by molar-refractivity contribution is 0.0850. The largest absolute Gasteiger partial charge is 0.338 e. The Morgan fingerprint density at radius 1 is 1.19 bits per heavy atom. The van der Waals surface area contributed by atoms with Gasteiger partial charge in [-0.2, -0.15) is 4.98 Å². The van der Waals surface area contributed by atoms with E-state index >= 15 is 0 Å². The van der Waals surface area contributed by atoms with Gasteiger partial charge in [-0.3, -0.25) is 9.80 Å². The van der Waals surface area contributed by atoms with E-state index in [2.05, 4.69) is 39.0 Å². The van der Waals surface area contributed by atoms with Crippen LogP contribution < -0.4 is 0 Å². The van der Waals surface area contributed by atoms with Gasteiger partial charge in [0.1, 0.15) is 5.82 Å². The molecule has 1 atom stereocenters. The molecule has 0 bridgehead atoms. The number of thiophene rings is 1. The number of rotatable bonds is 5. The lowest BCUT2D eigenvalue weighted by Crippen LogP contribution is -2.46. The van der Waals surface area contributed by atoms with Crippen LogP contribution in [-0.4, -0.2) is 46.1 Å². The summed E-state index contributed by atoms with van der Waals surface area (Å²) >= 11 is 1.74. The molecule has 1 fully saturated rings. The molecule has 0 saturated carbocycles. The van der Waals surface area contributed by atoms with Crippen LogP contribution in [0.5, 0.6) is 0 Å². The molecule has 1 aliphatic heterocycles. The summed E-state index contributed by atoms with van der Waals surface area (Å²) in [6, 6.07) is 11.2. The summed E-state index contributed by atoms with van der Waals surface area (Å²) in [6.07, 6.45) is 0. The van der Waals surface area contributed by atoms with Gasteiger partial charge in [0.15, 0.2) is 5.82 Å². The first-order chi connectivity index (χ1) is 13.1. The Morgan fingerprint density at radius 2 is 2.00 bits per heavy atom. The Kier molecular flexibility index (Phi) is 5.33. The maximum Gasteiger partial charge on any atom is 0.243 e. The fourth-order valence-corrected chi connectivity index (χ4v) is 4.47. The van der Waals surface area contributed by atoms with Crippen molar-refractivity contribution in [3.8, 4) is 10.4 Å². The highest BCUT2D eigenvalue weighted by Crippen LogP contribution is 2.29. The van der Waals surface area contributed by atoms with Gasteiger partial charge in [-0.05, 0) is 43.7 Å². The molecule has 5 nitrogen and oxygen atoms in total. The first kappa shape index (κ1) is 18.3. The van der Waals surface area contributed by atoms with Crippen LogP contribution in [0.3, 0.4) is 0 Å². The summed E-state index contributed by atoms with van der Waals surface area (Å²) < 4.78 is 18.7. The molecule has 1 aliphatic rings. The Bertz CT molecular complexity index is 901. The molecule has 1 aromatic carbocycles. The monoisotopic (exact) mass is 386 g/mol. The van der Waals surface area contributed by atoms with Crippen molar-refractivity contribution in [3.63, 3.8) is 0 Å². The quantitative estimate of drug-likeness (QED) is 0.660. The molecule has 0 spiro atoms. The average molecular weight is 386 g/mol. The van der Waals surface area contributed by atoms with Crippen molar-refractivity contribution in [2.24, 2.45) is 0 Å². The zero-order valence-corrected chi connectivity index (χ0v) is 16.4. The molecule has 0 N–H and O–H groups in total. The van der Waals surface area contributed by atoms with E-state index in [-0.39, 0.29) is 11.9 Å². The molecule has 3 heterocycles. The molecule has 27 heavy (non-hydrogen) atoms. The van der Waals surface area contributed by atoms with Crippen LogP contribution in [0.1, 0.15) is 29.6 Å². The minimum atomic E-state index is -0.191. The predicted octanol–water partition coefficient (Wildman–Crippen LogP) is 4.12. The summed E-state index contributed by atoms with van der Waals surface area (Å²) in [5.41, 5.74) is 0.944. The Labute approximate surface area is 162 Å². The highest BCUT2D eigenvalue weighted by Gasteiger charge is 2.25. The Morgan fingerprint density at radius 3 is 2.70 bits per heavy atom. The first-order valence-electron chi connectivity index (χ1n) is 9.20. The van der Waals surface area contributed by atoms with E-state index in [9.17, 15) is 4.39 Å². The molecule has 2 aromatic heterocycles. The molecule has 7 heteroatoms. The summed E-state index contributed by atoms with van der Waals surface area (Å²) in [5, 5.41) is 3.89. The first-order valence-corrected chi connectivity index (χ1v) is 10.0. The van der Waals surface area contributed by atoms with Crippen LogP contribution in [0, 0.1) is 12.7 Å². The smallest absolute Gasteiger partial charge is 0.243 e. The molecule has 0 aliphatic carbocycles. The molecule has 142 valence electrons. The average Bonchev–Trinajstić information content (AvgIpc) is 3.31. The Balaban J connectivity index is 1.33. The van der Waals surface area contributed by atoms with E-state index in [0.29, 0.717) is 11.7 Å². The van der Waals surface area contributed by atoms with Gasteiger partial charge in [0.2, 0.25) is 5.89 Å². The normalized spacial score (nSPS) is 17.3. The fraction of sp³-hybridized carbons (Fsp3) is 0.400. The number of nitrogens with zero attached hydrogens (tertiary/aromatic N) is 4. The predicted molar refractivity (Wildman–Crippen MR) is 104 cm³/mol. The highest BCUT2D eigenvalue weighted by atomic mass is 32.1. The molecule has 1 saturated heterocycles. The second-order valence-corrected chi connectivity index (χ2v) is 8.11. The van der Waals surface area contributed by atoms with Gasteiger partial charge in [0.05, 0.1) is 6.04 Å². The third kappa shape index (κ3) is 4.26. The lowest BCUT2D eigenvalue weighted by Gasteiger charge is -2.36. The van der Waals surface area contributed by atoms with E-state index in [1.165, 1.54) is 10.9 Å². The second kappa shape index (κ2) is 7.88. The number of aromatic nitrogens is 2. The molecule has 0 radical (unpaired) electrons. The fourth-order valence-electron chi connectivity index (χ4n) is 3.43. The zero-order valence-electron chi connectivity index (χ0n) is 15.6. The third-order valence-corrected chi connectivity index (χ3v) is 6.12. The topological polar surface area (TPSA) is 45.4 Å². The number of halogens is 1. The number of hydrogen-bond acceptors (Lipinski definition) is 6. The van der Waals surface area contributed by atoms with E-state index in [0.717, 1.165) is 43.2 Å². The van der Waals surface area contributed by atoms with Crippen LogP contribution in [0.4, 0.5) is 4.39 Å². The van der Waals surface area contributed by atoms with Crippen LogP contribution in [0.15, 0.2) is 40.9 Å². The molecule has 0 amide bonds. The molecule has 4 rings (SSSR count). The maximum atomic E-state index is 13.4. The maximum absolute atomic E-state index is 13.4. The zero-order chi connectivity index (χ0) is 18.8. The SMILES string of the molecule is Cc1noc(C(C)N2CCN(Cc3ccc(-c4cccc(F)c4)s3)CC2)n1. The van der Waals surface area contributed by atoms with Crippen molar-refractivity contribution in [2.45, 2.75) is 26.4 Å². The van der Waals surface area contributed by atoms with Gasteiger partial charge in [-0.25, -0.2) is 4.39 Å². The lowest BCUT2D eigenvalue weighted by atomic mass is 10.2. The highest BCUT2D eigenvalue weighted by molar-refractivity contribution is 7.15. The van der Waals surface area contributed by atoms with Crippen LogP contribution in [0.2, 0.25) is 0 Å². The summed E-state index contributed by atoms with van der Waals surface area (Å²) in [5.74, 6) is 1.19. The summed E-state index contributed by atoms with van der Waals surface area (Å²) in [4.78, 5) is 11.6. The number of hydrogen-bond donors (Lipinski definition) is 0. The molecule has 1 unspecified atom stereocenters. The minimum absolute atomic E-state index is 0.148. The molecule has 3 aromatic rings. The van der Waals surface area contributed by atoms with Crippen molar-refractivity contribution < 1.29 is 8.91 Å². The summed E-state index contributed by atoms with van der Waals surface area (Å²) in [7, 11) is 0. The third-order valence-electron chi connectivity index (χ3n) is 5.01. The van der Waals surface area contributed by atoms with Crippen molar-refractivity contribution in [2.75, 3.05) is 26.2 Å². The van der Waals surface area contributed by atoms with Crippen LogP contribution in [-0.2, 0) is 6.54 Å². The van der Waals surface area contributed by atoms with Crippen molar-refractivity contribution in [3.05, 3.63) is 58.8 Å². The number of piperazine rings is 1. The number of benzene rings is 1. The van der Waals surface area contributed by atoms with Gasteiger partial charge < -0.3 is 4.52 Å². The van der Waals surface area contributed by atoms with Crippen LogP contribution in [0.25, 0.3) is 10.4 Å². The van der Waals surface area contributed by atoms with Crippen molar-refractivity contribution in [1.82, 2.24) is 19.9 Å². The van der Waals surface area contributed by atoms with Gasteiger partial charge in [0, 0.05) is 42.5 Å².